The van der Waals surface area contributed by atoms with Crippen molar-refractivity contribution in [1.29, 1.82) is 0 Å². The number of para-hydroxylation sites is 1. The SMILES string of the molecule is C=C(CCC(=C)c1n[nH]c2ccccc12)c1ccccc1C. The molecule has 2 heteroatoms. The van der Waals surface area contributed by atoms with E-state index in [1.54, 1.807) is 0 Å². The number of H-pyrrole nitrogens is 1. The summed E-state index contributed by atoms with van der Waals surface area (Å²) in [6.45, 7) is 10.6. The fourth-order valence-corrected chi connectivity index (χ4v) is 2.76. The van der Waals surface area contributed by atoms with E-state index in [0.717, 1.165) is 40.6 Å². The van der Waals surface area contributed by atoms with Gasteiger partial charge < -0.3 is 0 Å². The number of nitrogens with zero attached hydrogens (tertiary/aromatic N) is 1. The van der Waals surface area contributed by atoms with E-state index in [-0.39, 0.29) is 0 Å². The van der Waals surface area contributed by atoms with Crippen LogP contribution in [0.2, 0.25) is 0 Å². The van der Waals surface area contributed by atoms with Gasteiger partial charge in [-0.25, -0.2) is 0 Å². The Morgan fingerprint density at radius 2 is 1.64 bits per heavy atom. The summed E-state index contributed by atoms with van der Waals surface area (Å²) in [6.07, 6.45) is 1.76. The molecule has 110 valence electrons. The molecule has 0 fully saturated rings. The minimum absolute atomic E-state index is 0.863. The molecule has 3 aromatic rings. The van der Waals surface area contributed by atoms with E-state index in [4.69, 9.17) is 0 Å². The topological polar surface area (TPSA) is 28.7 Å². The molecular weight excluding hydrogens is 268 g/mol. The highest BCUT2D eigenvalue weighted by Crippen LogP contribution is 2.28. The van der Waals surface area contributed by atoms with Gasteiger partial charge in [-0.2, -0.15) is 5.10 Å². The number of hydrogen-bond acceptors (Lipinski definition) is 1. The summed E-state index contributed by atoms with van der Waals surface area (Å²) in [6, 6.07) is 16.5. The summed E-state index contributed by atoms with van der Waals surface area (Å²) in [4.78, 5) is 0. The van der Waals surface area contributed by atoms with Gasteiger partial charge >= 0.3 is 0 Å². The van der Waals surface area contributed by atoms with Gasteiger partial charge in [0.1, 0.15) is 0 Å². The molecule has 2 nitrogen and oxygen atoms in total. The minimum Gasteiger partial charge on any atom is -0.277 e. The molecule has 0 aliphatic rings. The van der Waals surface area contributed by atoms with Gasteiger partial charge in [0.25, 0.3) is 0 Å². The average molecular weight is 288 g/mol. The van der Waals surface area contributed by atoms with Crippen LogP contribution in [0.1, 0.15) is 29.7 Å². The Morgan fingerprint density at radius 1 is 0.955 bits per heavy atom. The van der Waals surface area contributed by atoms with Crippen molar-refractivity contribution < 1.29 is 0 Å². The molecule has 1 heterocycles. The Kier molecular flexibility index (Phi) is 3.92. The molecule has 0 spiro atoms. The van der Waals surface area contributed by atoms with Crippen LogP contribution in [0.15, 0.2) is 61.7 Å². The smallest absolute Gasteiger partial charge is 0.0953 e. The van der Waals surface area contributed by atoms with Crippen LogP contribution in [0, 0.1) is 6.92 Å². The summed E-state index contributed by atoms with van der Waals surface area (Å²) < 4.78 is 0. The Balaban J connectivity index is 1.73. The number of fused-ring (bicyclic) bond motifs is 1. The third kappa shape index (κ3) is 2.73. The van der Waals surface area contributed by atoms with Gasteiger partial charge in [0.2, 0.25) is 0 Å². The van der Waals surface area contributed by atoms with Crippen molar-refractivity contribution in [2.45, 2.75) is 19.8 Å². The number of rotatable bonds is 5. The van der Waals surface area contributed by atoms with E-state index in [9.17, 15) is 0 Å². The number of allylic oxidation sites excluding steroid dienone is 2. The maximum absolute atomic E-state index is 4.41. The van der Waals surface area contributed by atoms with Gasteiger partial charge in [0, 0.05) is 5.39 Å². The Hall–Kier alpha value is -2.61. The number of aromatic nitrogens is 2. The monoisotopic (exact) mass is 288 g/mol. The lowest BCUT2D eigenvalue weighted by Gasteiger charge is -2.10. The number of aryl methyl sites for hydroxylation is 1. The third-order valence-electron chi connectivity index (χ3n) is 4.06. The molecule has 3 rings (SSSR count). The minimum atomic E-state index is 0.863. The molecule has 0 amide bonds. The average Bonchev–Trinajstić information content (AvgIpc) is 2.97. The second-order valence-corrected chi connectivity index (χ2v) is 5.64. The van der Waals surface area contributed by atoms with Crippen LogP contribution >= 0.6 is 0 Å². The molecule has 0 unspecified atom stereocenters. The van der Waals surface area contributed by atoms with E-state index >= 15 is 0 Å². The Labute approximate surface area is 131 Å². The van der Waals surface area contributed by atoms with Gasteiger partial charge in [0.15, 0.2) is 0 Å². The number of nitrogens with one attached hydrogen (secondary N) is 1. The van der Waals surface area contributed by atoms with Gasteiger partial charge in [-0.05, 0) is 48.1 Å². The number of aromatic amines is 1. The van der Waals surface area contributed by atoms with Crippen molar-refractivity contribution in [2.24, 2.45) is 0 Å². The lowest BCUT2D eigenvalue weighted by molar-refractivity contribution is 1.04. The van der Waals surface area contributed by atoms with Gasteiger partial charge in [-0.15, -0.1) is 0 Å². The van der Waals surface area contributed by atoms with Crippen molar-refractivity contribution in [3.63, 3.8) is 0 Å². The summed E-state index contributed by atoms with van der Waals surface area (Å²) in [5.74, 6) is 0. The molecule has 0 aliphatic carbocycles. The van der Waals surface area contributed by atoms with Crippen LogP contribution in [0.25, 0.3) is 22.0 Å². The van der Waals surface area contributed by atoms with E-state index in [1.165, 1.54) is 11.1 Å². The second kappa shape index (κ2) is 6.02. The highest BCUT2D eigenvalue weighted by atomic mass is 15.1. The maximum Gasteiger partial charge on any atom is 0.0953 e. The molecule has 1 aromatic heterocycles. The first kappa shape index (κ1) is 14.3. The highest BCUT2D eigenvalue weighted by molar-refractivity contribution is 5.90. The van der Waals surface area contributed by atoms with Crippen molar-refractivity contribution in [1.82, 2.24) is 10.2 Å². The molecule has 0 bridgehead atoms. The first-order chi connectivity index (χ1) is 10.7. The summed E-state index contributed by atoms with van der Waals surface area (Å²) in [5, 5.41) is 8.61. The molecule has 0 saturated heterocycles. The Morgan fingerprint density at radius 3 is 2.45 bits per heavy atom. The van der Waals surface area contributed by atoms with Crippen molar-refractivity contribution in [3.05, 3.63) is 78.5 Å². The quantitative estimate of drug-likeness (QED) is 0.671. The van der Waals surface area contributed by atoms with Gasteiger partial charge in [-0.3, -0.25) is 5.10 Å². The number of hydrogen-bond donors (Lipinski definition) is 1. The molecule has 0 saturated carbocycles. The predicted octanol–water partition coefficient (Wildman–Crippen LogP) is 5.38. The van der Waals surface area contributed by atoms with Crippen molar-refractivity contribution in [3.8, 4) is 0 Å². The van der Waals surface area contributed by atoms with Crippen LogP contribution in [0.4, 0.5) is 0 Å². The van der Waals surface area contributed by atoms with Gasteiger partial charge in [0.05, 0.1) is 11.2 Å². The van der Waals surface area contributed by atoms with Crippen LogP contribution in [-0.4, -0.2) is 10.2 Å². The Bertz CT molecular complexity index is 840. The molecule has 2 aromatic carbocycles. The van der Waals surface area contributed by atoms with Gasteiger partial charge in [-0.1, -0.05) is 55.6 Å². The third-order valence-corrected chi connectivity index (χ3v) is 4.06. The fourth-order valence-electron chi connectivity index (χ4n) is 2.76. The summed E-state index contributed by atoms with van der Waals surface area (Å²) in [7, 11) is 0. The van der Waals surface area contributed by atoms with E-state index in [2.05, 4.69) is 60.6 Å². The standard InChI is InChI=1S/C20H20N2/c1-14-8-4-5-9-17(14)15(2)12-13-16(3)20-18-10-6-7-11-19(18)21-22-20/h4-11H,2-3,12-13H2,1H3,(H,21,22). The first-order valence-electron chi connectivity index (χ1n) is 7.52. The summed E-state index contributed by atoms with van der Waals surface area (Å²) in [5.41, 5.74) is 6.72. The maximum atomic E-state index is 4.41. The van der Waals surface area contributed by atoms with Crippen LogP contribution < -0.4 is 0 Å². The predicted molar refractivity (Wildman–Crippen MR) is 94.6 cm³/mol. The second-order valence-electron chi connectivity index (χ2n) is 5.64. The molecular formula is C20H20N2. The zero-order chi connectivity index (χ0) is 15.5. The summed E-state index contributed by atoms with van der Waals surface area (Å²) >= 11 is 0. The fraction of sp³-hybridized carbons (Fsp3) is 0.150. The van der Waals surface area contributed by atoms with E-state index in [0.29, 0.717) is 0 Å². The number of benzene rings is 2. The van der Waals surface area contributed by atoms with Crippen molar-refractivity contribution >= 4 is 22.0 Å². The van der Waals surface area contributed by atoms with Crippen molar-refractivity contribution in [2.75, 3.05) is 0 Å². The van der Waals surface area contributed by atoms with E-state index in [1.807, 2.05) is 18.2 Å². The first-order valence-corrected chi connectivity index (χ1v) is 7.52. The van der Waals surface area contributed by atoms with Crippen LogP contribution in [0.3, 0.4) is 0 Å². The molecule has 1 N–H and O–H groups in total. The lowest BCUT2D eigenvalue weighted by atomic mass is 9.95. The van der Waals surface area contributed by atoms with E-state index < -0.39 is 0 Å². The highest BCUT2D eigenvalue weighted by Gasteiger charge is 2.10. The van der Waals surface area contributed by atoms with Crippen LogP contribution in [-0.2, 0) is 0 Å². The lowest BCUT2D eigenvalue weighted by Crippen LogP contribution is -1.90. The molecule has 0 aliphatic heterocycles. The zero-order valence-electron chi connectivity index (χ0n) is 12.9. The van der Waals surface area contributed by atoms with Crippen LogP contribution in [0.5, 0.6) is 0 Å². The zero-order valence-corrected chi connectivity index (χ0v) is 12.9. The normalized spacial score (nSPS) is 10.8. The molecule has 22 heavy (non-hydrogen) atoms. The molecule has 0 radical (unpaired) electrons. The molecule has 0 atom stereocenters. The largest absolute Gasteiger partial charge is 0.277 e.